The van der Waals surface area contributed by atoms with Gasteiger partial charge in [-0.1, -0.05) is 6.07 Å². The molecule has 0 atom stereocenters. The standard InChI is InChI=1S/C19H32FN5O.HI/c1-3-25(4-2)18-7-6-16(14-17(18)20)15-23-19(21)22-8-5-9-24-10-12-26-13-11-24;/h6-7,14H,3-5,8-13,15H2,1-2H3,(H3,21,22,23);1H. The second kappa shape index (κ2) is 13.1. The number of nitrogens with zero attached hydrogens (tertiary/aromatic N) is 3. The average molecular weight is 493 g/mol. The van der Waals surface area contributed by atoms with Gasteiger partial charge in [0, 0.05) is 32.7 Å². The molecule has 27 heavy (non-hydrogen) atoms. The van der Waals surface area contributed by atoms with Crippen molar-refractivity contribution < 1.29 is 9.13 Å². The van der Waals surface area contributed by atoms with Gasteiger partial charge in [0.15, 0.2) is 5.96 Å². The van der Waals surface area contributed by atoms with Crippen molar-refractivity contribution >= 4 is 35.6 Å². The molecule has 1 aromatic carbocycles. The van der Waals surface area contributed by atoms with Gasteiger partial charge in [-0.2, -0.15) is 0 Å². The zero-order chi connectivity index (χ0) is 18.8. The fourth-order valence-electron chi connectivity index (χ4n) is 3.05. The number of hydrogen-bond donors (Lipinski definition) is 2. The Kier molecular flexibility index (Phi) is 11.6. The minimum absolute atomic E-state index is 0. The lowest BCUT2D eigenvalue weighted by atomic mass is 10.2. The lowest BCUT2D eigenvalue weighted by molar-refractivity contribution is 0.0376. The molecule has 0 bridgehead atoms. The largest absolute Gasteiger partial charge is 0.379 e. The molecule has 0 amide bonds. The molecule has 0 saturated carbocycles. The van der Waals surface area contributed by atoms with Crippen LogP contribution in [0.25, 0.3) is 0 Å². The number of morpholine rings is 1. The van der Waals surface area contributed by atoms with Crippen LogP contribution in [0.15, 0.2) is 23.2 Å². The first-order chi connectivity index (χ1) is 12.6. The molecule has 8 heteroatoms. The van der Waals surface area contributed by atoms with Gasteiger partial charge in [0.25, 0.3) is 0 Å². The Labute approximate surface area is 179 Å². The van der Waals surface area contributed by atoms with Crippen LogP contribution in [0, 0.1) is 5.82 Å². The lowest BCUT2D eigenvalue weighted by Crippen LogP contribution is -2.39. The Morgan fingerprint density at radius 1 is 1.30 bits per heavy atom. The third kappa shape index (κ3) is 8.18. The number of hydrogen-bond acceptors (Lipinski definition) is 4. The molecule has 1 aromatic rings. The summed E-state index contributed by atoms with van der Waals surface area (Å²) in [6.07, 6.45) is 1.00. The lowest BCUT2D eigenvalue weighted by Gasteiger charge is -2.26. The fraction of sp³-hybridized carbons (Fsp3) is 0.632. The minimum Gasteiger partial charge on any atom is -0.379 e. The summed E-state index contributed by atoms with van der Waals surface area (Å²) in [5, 5.41) is 3.12. The van der Waals surface area contributed by atoms with Crippen LogP contribution < -0.4 is 16.0 Å². The van der Waals surface area contributed by atoms with Gasteiger partial charge in [0.1, 0.15) is 5.82 Å². The number of guanidine groups is 1. The maximum absolute atomic E-state index is 14.3. The van der Waals surface area contributed by atoms with E-state index in [1.165, 1.54) is 0 Å². The summed E-state index contributed by atoms with van der Waals surface area (Å²) in [5.74, 6) is 0.193. The van der Waals surface area contributed by atoms with E-state index >= 15 is 0 Å². The average Bonchev–Trinajstić information content (AvgIpc) is 2.67. The predicted octanol–water partition coefficient (Wildman–Crippen LogP) is 2.42. The zero-order valence-corrected chi connectivity index (χ0v) is 18.7. The maximum atomic E-state index is 14.3. The Bertz CT molecular complexity index is 577. The normalized spacial score (nSPS) is 15.3. The molecule has 3 N–H and O–H groups in total. The SMILES string of the molecule is CCN(CC)c1ccc(CN=C(N)NCCCN2CCOCC2)cc1F.I. The van der Waals surface area contributed by atoms with Gasteiger partial charge in [-0.25, -0.2) is 9.38 Å². The predicted molar refractivity (Wildman–Crippen MR) is 121 cm³/mol. The van der Waals surface area contributed by atoms with E-state index in [0.29, 0.717) is 18.2 Å². The fourth-order valence-corrected chi connectivity index (χ4v) is 3.05. The maximum Gasteiger partial charge on any atom is 0.188 e. The number of anilines is 1. The smallest absolute Gasteiger partial charge is 0.188 e. The van der Waals surface area contributed by atoms with Crippen molar-refractivity contribution in [1.29, 1.82) is 0 Å². The topological polar surface area (TPSA) is 66.1 Å². The first-order valence-corrected chi connectivity index (χ1v) is 9.51. The number of halogens is 2. The summed E-state index contributed by atoms with van der Waals surface area (Å²) in [6.45, 7) is 11.4. The molecule has 1 fully saturated rings. The van der Waals surface area contributed by atoms with E-state index in [2.05, 4.69) is 15.2 Å². The molecule has 1 heterocycles. The van der Waals surface area contributed by atoms with Gasteiger partial charge < -0.3 is 20.7 Å². The van der Waals surface area contributed by atoms with Gasteiger partial charge in [-0.15, -0.1) is 24.0 Å². The Morgan fingerprint density at radius 2 is 2.00 bits per heavy atom. The molecule has 0 aromatic heterocycles. The van der Waals surface area contributed by atoms with E-state index in [1.54, 1.807) is 6.07 Å². The van der Waals surface area contributed by atoms with Gasteiger partial charge >= 0.3 is 0 Å². The second-order valence-corrected chi connectivity index (χ2v) is 6.39. The highest BCUT2D eigenvalue weighted by atomic mass is 127. The molecule has 1 saturated heterocycles. The first kappa shape index (κ1) is 23.9. The summed E-state index contributed by atoms with van der Waals surface area (Å²) >= 11 is 0. The third-order valence-electron chi connectivity index (χ3n) is 4.61. The summed E-state index contributed by atoms with van der Waals surface area (Å²) in [4.78, 5) is 8.68. The van der Waals surface area contributed by atoms with Gasteiger partial charge in [0.2, 0.25) is 0 Å². The van der Waals surface area contributed by atoms with Crippen LogP contribution in [0.5, 0.6) is 0 Å². The van der Waals surface area contributed by atoms with Crippen molar-refractivity contribution in [2.45, 2.75) is 26.8 Å². The van der Waals surface area contributed by atoms with Crippen molar-refractivity contribution in [2.75, 3.05) is 57.4 Å². The number of rotatable bonds is 9. The monoisotopic (exact) mass is 493 g/mol. The van der Waals surface area contributed by atoms with Gasteiger partial charge in [-0.3, -0.25) is 4.90 Å². The molecule has 154 valence electrons. The Morgan fingerprint density at radius 3 is 2.63 bits per heavy atom. The van der Waals surface area contributed by atoms with E-state index in [1.807, 2.05) is 30.9 Å². The molecular formula is C19H33FIN5O. The van der Waals surface area contributed by atoms with E-state index in [4.69, 9.17) is 10.5 Å². The molecule has 0 aliphatic carbocycles. The van der Waals surface area contributed by atoms with E-state index in [-0.39, 0.29) is 29.8 Å². The van der Waals surface area contributed by atoms with Crippen LogP contribution in [-0.4, -0.2) is 63.3 Å². The molecule has 0 radical (unpaired) electrons. The Balaban J connectivity index is 0.00000364. The van der Waals surface area contributed by atoms with E-state index in [0.717, 1.165) is 64.5 Å². The number of nitrogens with one attached hydrogen (secondary N) is 1. The second-order valence-electron chi connectivity index (χ2n) is 6.39. The van der Waals surface area contributed by atoms with Gasteiger partial charge in [-0.05, 0) is 44.5 Å². The summed E-state index contributed by atoms with van der Waals surface area (Å²) < 4.78 is 19.6. The molecule has 0 unspecified atom stereocenters. The van der Waals surface area contributed by atoms with Crippen LogP contribution in [0.1, 0.15) is 25.8 Å². The van der Waals surface area contributed by atoms with Crippen LogP contribution in [-0.2, 0) is 11.3 Å². The van der Waals surface area contributed by atoms with Crippen molar-refractivity contribution in [3.63, 3.8) is 0 Å². The number of ether oxygens (including phenoxy) is 1. The summed E-state index contributed by atoms with van der Waals surface area (Å²) in [5.41, 5.74) is 7.36. The van der Waals surface area contributed by atoms with Crippen LogP contribution >= 0.6 is 24.0 Å². The van der Waals surface area contributed by atoms with Gasteiger partial charge in [0.05, 0.1) is 25.4 Å². The summed E-state index contributed by atoms with van der Waals surface area (Å²) in [7, 11) is 0. The number of benzene rings is 1. The van der Waals surface area contributed by atoms with Crippen LogP contribution in [0.2, 0.25) is 0 Å². The first-order valence-electron chi connectivity index (χ1n) is 9.51. The molecular weight excluding hydrogens is 460 g/mol. The van der Waals surface area contributed by atoms with Crippen molar-refractivity contribution in [1.82, 2.24) is 10.2 Å². The van der Waals surface area contributed by atoms with Crippen LogP contribution in [0.4, 0.5) is 10.1 Å². The quantitative estimate of drug-likeness (QED) is 0.240. The molecule has 1 aliphatic rings. The van der Waals surface area contributed by atoms with E-state index in [9.17, 15) is 4.39 Å². The molecule has 2 rings (SSSR count). The van der Waals surface area contributed by atoms with Crippen molar-refractivity contribution in [3.05, 3.63) is 29.6 Å². The van der Waals surface area contributed by atoms with E-state index < -0.39 is 0 Å². The third-order valence-corrected chi connectivity index (χ3v) is 4.61. The highest BCUT2D eigenvalue weighted by Crippen LogP contribution is 2.20. The Hall–Kier alpha value is -1.13. The molecule has 1 aliphatic heterocycles. The highest BCUT2D eigenvalue weighted by Gasteiger charge is 2.10. The number of nitrogens with two attached hydrogens (primary N) is 1. The molecule has 6 nitrogen and oxygen atoms in total. The minimum atomic E-state index is -0.210. The highest BCUT2D eigenvalue weighted by molar-refractivity contribution is 14.0. The number of aliphatic imine (C=N–C) groups is 1. The van der Waals surface area contributed by atoms with Crippen LogP contribution in [0.3, 0.4) is 0 Å². The summed E-state index contributed by atoms with van der Waals surface area (Å²) in [6, 6.07) is 5.27. The van der Waals surface area contributed by atoms with Crippen molar-refractivity contribution in [2.24, 2.45) is 10.7 Å². The zero-order valence-electron chi connectivity index (χ0n) is 16.4. The van der Waals surface area contributed by atoms with Crippen molar-refractivity contribution in [3.8, 4) is 0 Å². The molecule has 0 spiro atoms.